The zero-order valence-electron chi connectivity index (χ0n) is 9.02. The Morgan fingerprint density at radius 1 is 1.62 bits per heavy atom. The third-order valence-electron chi connectivity index (χ3n) is 3.08. The van der Waals surface area contributed by atoms with Crippen molar-refractivity contribution in [3.63, 3.8) is 0 Å². The minimum Gasteiger partial charge on any atom is -0.305 e. The van der Waals surface area contributed by atoms with Gasteiger partial charge in [-0.3, -0.25) is 4.79 Å². The number of ketones is 1. The van der Waals surface area contributed by atoms with Crippen LogP contribution in [0.15, 0.2) is 0 Å². The summed E-state index contributed by atoms with van der Waals surface area (Å²) in [5, 5.41) is 3.32. The average Bonchev–Trinajstić information content (AvgIpc) is 2.52. The standard InChI is InChI=1S/C11H21NO/c1-4-6-9(2)10(13)11(3)7-5-8-12-11/h9,12H,4-8H2,1-3H3. The molecule has 1 aliphatic heterocycles. The highest BCUT2D eigenvalue weighted by Gasteiger charge is 2.37. The molecule has 0 radical (unpaired) electrons. The number of carbonyl (C=O) groups excluding carboxylic acids is 1. The number of carbonyl (C=O) groups is 1. The Labute approximate surface area is 81.1 Å². The maximum atomic E-state index is 12.0. The van der Waals surface area contributed by atoms with Gasteiger partial charge in [0.25, 0.3) is 0 Å². The van der Waals surface area contributed by atoms with Gasteiger partial charge in [0.1, 0.15) is 0 Å². The maximum Gasteiger partial charge on any atom is 0.155 e. The molecular formula is C11H21NO. The van der Waals surface area contributed by atoms with Gasteiger partial charge in [0.15, 0.2) is 5.78 Å². The topological polar surface area (TPSA) is 29.1 Å². The predicted molar refractivity (Wildman–Crippen MR) is 54.7 cm³/mol. The summed E-state index contributed by atoms with van der Waals surface area (Å²) in [4.78, 5) is 12.0. The molecule has 1 fully saturated rings. The van der Waals surface area contributed by atoms with Crippen molar-refractivity contribution in [3.8, 4) is 0 Å². The first kappa shape index (κ1) is 10.7. The second-order valence-corrected chi connectivity index (χ2v) is 4.42. The number of nitrogens with one attached hydrogen (secondary N) is 1. The first-order chi connectivity index (χ1) is 6.10. The summed E-state index contributed by atoms with van der Waals surface area (Å²) in [5.74, 6) is 0.632. The molecule has 0 aromatic rings. The second-order valence-electron chi connectivity index (χ2n) is 4.42. The third-order valence-corrected chi connectivity index (χ3v) is 3.08. The molecule has 0 spiro atoms. The highest BCUT2D eigenvalue weighted by atomic mass is 16.1. The number of rotatable bonds is 4. The first-order valence-electron chi connectivity index (χ1n) is 5.39. The van der Waals surface area contributed by atoms with Crippen LogP contribution >= 0.6 is 0 Å². The molecule has 1 aliphatic rings. The van der Waals surface area contributed by atoms with Gasteiger partial charge < -0.3 is 5.32 Å². The Hall–Kier alpha value is -0.370. The van der Waals surface area contributed by atoms with Crippen LogP contribution in [0.5, 0.6) is 0 Å². The second kappa shape index (κ2) is 4.23. The summed E-state index contributed by atoms with van der Waals surface area (Å²) < 4.78 is 0. The number of hydrogen-bond acceptors (Lipinski definition) is 2. The summed E-state index contributed by atoms with van der Waals surface area (Å²) >= 11 is 0. The van der Waals surface area contributed by atoms with Gasteiger partial charge in [-0.2, -0.15) is 0 Å². The van der Waals surface area contributed by atoms with E-state index in [-0.39, 0.29) is 11.5 Å². The molecular weight excluding hydrogens is 162 g/mol. The third kappa shape index (κ3) is 2.31. The summed E-state index contributed by atoms with van der Waals surface area (Å²) in [6.07, 6.45) is 4.28. The fourth-order valence-electron chi connectivity index (χ4n) is 2.21. The Bertz CT molecular complexity index is 183. The number of Topliss-reactive ketones (excluding diaryl/α,β-unsaturated/α-hetero) is 1. The van der Waals surface area contributed by atoms with Crippen molar-refractivity contribution >= 4 is 5.78 Å². The lowest BCUT2D eigenvalue weighted by Crippen LogP contribution is -2.47. The van der Waals surface area contributed by atoms with Crippen LogP contribution < -0.4 is 5.32 Å². The lowest BCUT2D eigenvalue weighted by Gasteiger charge is -2.26. The van der Waals surface area contributed by atoms with E-state index in [0.29, 0.717) is 5.78 Å². The first-order valence-corrected chi connectivity index (χ1v) is 5.39. The molecule has 2 nitrogen and oxygen atoms in total. The van der Waals surface area contributed by atoms with Crippen LogP contribution in [0.1, 0.15) is 46.5 Å². The SMILES string of the molecule is CCCC(C)C(=O)C1(C)CCCN1. The Morgan fingerprint density at radius 3 is 2.77 bits per heavy atom. The predicted octanol–water partition coefficient (Wildman–Crippen LogP) is 2.13. The Kier molecular flexibility index (Phi) is 3.48. The van der Waals surface area contributed by atoms with Crippen molar-refractivity contribution < 1.29 is 4.79 Å². The molecule has 2 heteroatoms. The number of hydrogen-bond donors (Lipinski definition) is 1. The van der Waals surface area contributed by atoms with Gasteiger partial charge >= 0.3 is 0 Å². The van der Waals surface area contributed by atoms with E-state index in [2.05, 4.69) is 26.1 Å². The molecule has 0 aliphatic carbocycles. The van der Waals surface area contributed by atoms with Crippen LogP contribution in [0.4, 0.5) is 0 Å². The highest BCUT2D eigenvalue weighted by Crippen LogP contribution is 2.24. The molecule has 0 bridgehead atoms. The summed E-state index contributed by atoms with van der Waals surface area (Å²) in [6.45, 7) is 7.24. The quantitative estimate of drug-likeness (QED) is 0.723. The molecule has 0 amide bonds. The van der Waals surface area contributed by atoms with Crippen molar-refractivity contribution in [1.29, 1.82) is 0 Å². The van der Waals surface area contributed by atoms with Crippen molar-refractivity contribution in [3.05, 3.63) is 0 Å². The zero-order valence-corrected chi connectivity index (χ0v) is 9.02. The monoisotopic (exact) mass is 183 g/mol. The van der Waals surface area contributed by atoms with Crippen LogP contribution in [0.2, 0.25) is 0 Å². The van der Waals surface area contributed by atoms with Gasteiger partial charge in [0.05, 0.1) is 5.54 Å². The normalized spacial score (nSPS) is 30.4. The molecule has 1 rings (SSSR count). The van der Waals surface area contributed by atoms with Crippen LogP contribution in [0, 0.1) is 5.92 Å². The van der Waals surface area contributed by atoms with Crippen LogP contribution in [0.3, 0.4) is 0 Å². The molecule has 13 heavy (non-hydrogen) atoms. The van der Waals surface area contributed by atoms with Gasteiger partial charge in [0, 0.05) is 5.92 Å². The lowest BCUT2D eigenvalue weighted by molar-refractivity contribution is -0.128. The molecule has 2 unspecified atom stereocenters. The molecule has 1 saturated heterocycles. The van der Waals surface area contributed by atoms with Gasteiger partial charge in [-0.25, -0.2) is 0 Å². The van der Waals surface area contributed by atoms with E-state index in [0.717, 1.165) is 32.2 Å². The van der Waals surface area contributed by atoms with Gasteiger partial charge in [-0.05, 0) is 32.7 Å². The molecule has 1 N–H and O–H groups in total. The molecule has 0 saturated carbocycles. The molecule has 0 aromatic heterocycles. The van der Waals surface area contributed by atoms with E-state index in [1.54, 1.807) is 0 Å². The average molecular weight is 183 g/mol. The van der Waals surface area contributed by atoms with E-state index in [1.807, 2.05) is 0 Å². The van der Waals surface area contributed by atoms with Gasteiger partial charge in [-0.15, -0.1) is 0 Å². The van der Waals surface area contributed by atoms with Crippen molar-refractivity contribution in [2.45, 2.75) is 52.0 Å². The van der Waals surface area contributed by atoms with Crippen LogP contribution in [0.25, 0.3) is 0 Å². The largest absolute Gasteiger partial charge is 0.305 e. The lowest BCUT2D eigenvalue weighted by atomic mass is 9.85. The van der Waals surface area contributed by atoms with E-state index in [4.69, 9.17) is 0 Å². The minimum absolute atomic E-state index is 0.214. The Balaban J connectivity index is 2.54. The summed E-state index contributed by atoms with van der Waals surface area (Å²) in [6, 6.07) is 0. The van der Waals surface area contributed by atoms with E-state index >= 15 is 0 Å². The maximum absolute atomic E-state index is 12.0. The van der Waals surface area contributed by atoms with E-state index < -0.39 is 0 Å². The van der Waals surface area contributed by atoms with Gasteiger partial charge in [-0.1, -0.05) is 20.3 Å². The van der Waals surface area contributed by atoms with Crippen LogP contribution in [-0.4, -0.2) is 17.9 Å². The molecule has 76 valence electrons. The van der Waals surface area contributed by atoms with Crippen molar-refractivity contribution in [2.75, 3.05) is 6.54 Å². The fraction of sp³-hybridized carbons (Fsp3) is 0.909. The van der Waals surface area contributed by atoms with Crippen molar-refractivity contribution in [1.82, 2.24) is 5.32 Å². The fourth-order valence-corrected chi connectivity index (χ4v) is 2.21. The van der Waals surface area contributed by atoms with Gasteiger partial charge in [0.2, 0.25) is 0 Å². The molecule has 2 atom stereocenters. The van der Waals surface area contributed by atoms with E-state index in [9.17, 15) is 4.79 Å². The van der Waals surface area contributed by atoms with E-state index in [1.165, 1.54) is 0 Å². The van der Waals surface area contributed by atoms with Crippen molar-refractivity contribution in [2.24, 2.45) is 5.92 Å². The molecule has 1 heterocycles. The summed E-state index contributed by atoms with van der Waals surface area (Å²) in [5.41, 5.74) is -0.214. The summed E-state index contributed by atoms with van der Waals surface area (Å²) in [7, 11) is 0. The van der Waals surface area contributed by atoms with Crippen LogP contribution in [-0.2, 0) is 4.79 Å². The Morgan fingerprint density at radius 2 is 2.31 bits per heavy atom. The molecule has 0 aromatic carbocycles. The minimum atomic E-state index is -0.214. The smallest absolute Gasteiger partial charge is 0.155 e. The zero-order chi connectivity index (χ0) is 9.90. The highest BCUT2D eigenvalue weighted by molar-refractivity contribution is 5.90.